The Morgan fingerprint density at radius 3 is 2.69 bits per heavy atom. The second-order valence-corrected chi connectivity index (χ2v) is 4.60. The normalized spacial score (nSPS) is 27.6. The Morgan fingerprint density at radius 1 is 1.50 bits per heavy atom. The number of hydrogen-bond donors (Lipinski definition) is 2. The van der Waals surface area contributed by atoms with Crippen LogP contribution in [0.2, 0.25) is 0 Å². The summed E-state index contributed by atoms with van der Waals surface area (Å²) in [5, 5.41) is 8.60. The Morgan fingerprint density at radius 2 is 2.12 bits per heavy atom. The Kier molecular flexibility index (Phi) is 4.29. The number of likely N-dealkylation sites (tertiary alicyclic amines) is 1. The van der Waals surface area contributed by atoms with Crippen LogP contribution < -0.4 is 5.73 Å². The van der Waals surface area contributed by atoms with Crippen molar-refractivity contribution in [1.82, 2.24) is 4.90 Å². The van der Waals surface area contributed by atoms with Crippen molar-refractivity contribution in [2.24, 2.45) is 11.7 Å². The van der Waals surface area contributed by atoms with Crippen molar-refractivity contribution in [3.63, 3.8) is 0 Å². The summed E-state index contributed by atoms with van der Waals surface area (Å²) in [5.41, 5.74) is 5.58. The zero-order chi connectivity index (χ0) is 12.3. The number of carboxylic acids is 1. The number of hydrogen-bond acceptors (Lipinski definition) is 3. The first kappa shape index (κ1) is 13.0. The van der Waals surface area contributed by atoms with Crippen LogP contribution in [0.1, 0.15) is 33.1 Å². The van der Waals surface area contributed by atoms with Crippen LogP contribution in [-0.2, 0) is 9.59 Å². The fraction of sp³-hybridized carbons (Fsp3) is 0.818. The van der Waals surface area contributed by atoms with E-state index < -0.39 is 12.0 Å². The van der Waals surface area contributed by atoms with E-state index in [0.29, 0.717) is 12.5 Å². The SMILES string of the molecule is CC1CCCN(C(=O)C(N)CC(=O)O)C1C. The third-order valence-electron chi connectivity index (χ3n) is 3.37. The van der Waals surface area contributed by atoms with Crippen molar-refractivity contribution in [2.75, 3.05) is 6.54 Å². The zero-order valence-electron chi connectivity index (χ0n) is 9.85. The van der Waals surface area contributed by atoms with Gasteiger partial charge >= 0.3 is 5.97 Å². The molecule has 16 heavy (non-hydrogen) atoms. The number of carboxylic acid groups (broad SMARTS) is 1. The summed E-state index contributed by atoms with van der Waals surface area (Å²) in [4.78, 5) is 24.1. The quantitative estimate of drug-likeness (QED) is 0.734. The standard InChI is InChI=1S/C11H20N2O3/c1-7-4-3-5-13(8(7)2)11(16)9(12)6-10(14)15/h7-9H,3-6,12H2,1-2H3,(H,14,15). The molecule has 1 aliphatic heterocycles. The van der Waals surface area contributed by atoms with Crippen LogP contribution in [0.25, 0.3) is 0 Å². The molecule has 0 spiro atoms. The molecule has 92 valence electrons. The summed E-state index contributed by atoms with van der Waals surface area (Å²) >= 11 is 0. The third-order valence-corrected chi connectivity index (χ3v) is 3.37. The van der Waals surface area contributed by atoms with Gasteiger partial charge in [-0.3, -0.25) is 9.59 Å². The number of aliphatic carboxylic acids is 1. The molecule has 3 N–H and O–H groups in total. The highest BCUT2D eigenvalue weighted by atomic mass is 16.4. The predicted octanol–water partition coefficient (Wildman–Crippen LogP) is 0.435. The van der Waals surface area contributed by atoms with Gasteiger partial charge in [-0.25, -0.2) is 0 Å². The molecule has 0 aliphatic carbocycles. The number of carbonyl (C=O) groups excluding carboxylic acids is 1. The van der Waals surface area contributed by atoms with Gasteiger partial charge in [-0.15, -0.1) is 0 Å². The molecular weight excluding hydrogens is 208 g/mol. The number of carbonyl (C=O) groups is 2. The van der Waals surface area contributed by atoms with E-state index in [1.54, 1.807) is 4.90 Å². The lowest BCUT2D eigenvalue weighted by Gasteiger charge is -2.39. The van der Waals surface area contributed by atoms with Crippen molar-refractivity contribution in [3.05, 3.63) is 0 Å². The molecular formula is C11H20N2O3. The van der Waals surface area contributed by atoms with Gasteiger partial charge in [0.2, 0.25) is 5.91 Å². The predicted molar refractivity (Wildman–Crippen MR) is 59.8 cm³/mol. The molecule has 1 saturated heterocycles. The maximum absolute atomic E-state index is 11.9. The minimum absolute atomic E-state index is 0.154. The van der Waals surface area contributed by atoms with Crippen LogP contribution in [0.3, 0.4) is 0 Å². The monoisotopic (exact) mass is 228 g/mol. The average Bonchev–Trinajstić information content (AvgIpc) is 2.20. The van der Waals surface area contributed by atoms with Gasteiger partial charge in [0.05, 0.1) is 12.5 Å². The van der Waals surface area contributed by atoms with Gasteiger partial charge in [0.1, 0.15) is 0 Å². The summed E-state index contributed by atoms with van der Waals surface area (Å²) < 4.78 is 0. The Bertz CT molecular complexity index is 280. The largest absolute Gasteiger partial charge is 0.481 e. The molecule has 1 heterocycles. The van der Waals surface area contributed by atoms with Crippen molar-refractivity contribution in [3.8, 4) is 0 Å². The summed E-state index contributed by atoms with van der Waals surface area (Å²) in [7, 11) is 0. The van der Waals surface area contributed by atoms with Gasteiger partial charge in [-0.2, -0.15) is 0 Å². The minimum Gasteiger partial charge on any atom is -0.481 e. The summed E-state index contributed by atoms with van der Waals surface area (Å²) in [6.07, 6.45) is 1.78. The molecule has 1 rings (SSSR count). The van der Waals surface area contributed by atoms with Gasteiger partial charge in [0.15, 0.2) is 0 Å². The molecule has 3 atom stereocenters. The van der Waals surface area contributed by atoms with Crippen LogP contribution in [0.4, 0.5) is 0 Å². The molecule has 0 aromatic heterocycles. The summed E-state index contributed by atoms with van der Waals surface area (Å²) in [6, 6.07) is -0.758. The van der Waals surface area contributed by atoms with Gasteiger partial charge < -0.3 is 15.7 Å². The molecule has 0 aromatic rings. The van der Waals surface area contributed by atoms with Gasteiger partial charge in [-0.1, -0.05) is 6.92 Å². The Balaban J connectivity index is 2.61. The highest BCUT2D eigenvalue weighted by molar-refractivity contribution is 5.86. The van der Waals surface area contributed by atoms with Crippen molar-refractivity contribution in [2.45, 2.75) is 45.2 Å². The number of rotatable bonds is 3. The molecule has 5 heteroatoms. The lowest BCUT2D eigenvalue weighted by molar-refractivity contribution is -0.144. The number of nitrogens with zero attached hydrogens (tertiary/aromatic N) is 1. The van der Waals surface area contributed by atoms with E-state index in [0.717, 1.165) is 12.8 Å². The fourth-order valence-corrected chi connectivity index (χ4v) is 2.13. The van der Waals surface area contributed by atoms with Crippen LogP contribution in [0.15, 0.2) is 0 Å². The van der Waals surface area contributed by atoms with Crippen LogP contribution >= 0.6 is 0 Å². The molecule has 0 aromatic carbocycles. The molecule has 0 bridgehead atoms. The zero-order valence-corrected chi connectivity index (χ0v) is 9.85. The van der Waals surface area contributed by atoms with Crippen LogP contribution in [0.5, 0.6) is 0 Å². The number of nitrogens with two attached hydrogens (primary N) is 1. The third kappa shape index (κ3) is 2.95. The second-order valence-electron chi connectivity index (χ2n) is 4.60. The van der Waals surface area contributed by atoms with E-state index in [9.17, 15) is 9.59 Å². The van der Waals surface area contributed by atoms with E-state index in [2.05, 4.69) is 6.92 Å². The van der Waals surface area contributed by atoms with Gasteiger partial charge in [0, 0.05) is 12.6 Å². The molecule has 5 nitrogen and oxygen atoms in total. The molecule has 0 saturated carbocycles. The first-order chi connectivity index (χ1) is 7.43. The van der Waals surface area contributed by atoms with E-state index in [4.69, 9.17) is 10.8 Å². The average molecular weight is 228 g/mol. The molecule has 1 amide bonds. The molecule has 1 fully saturated rings. The molecule has 0 radical (unpaired) electrons. The van der Waals surface area contributed by atoms with Crippen LogP contribution in [-0.4, -0.2) is 40.5 Å². The highest BCUT2D eigenvalue weighted by Gasteiger charge is 2.31. The van der Waals surface area contributed by atoms with Crippen molar-refractivity contribution < 1.29 is 14.7 Å². The van der Waals surface area contributed by atoms with E-state index in [-0.39, 0.29) is 18.4 Å². The van der Waals surface area contributed by atoms with E-state index >= 15 is 0 Å². The lowest BCUT2D eigenvalue weighted by atomic mass is 9.91. The van der Waals surface area contributed by atoms with Gasteiger partial charge in [0.25, 0.3) is 0 Å². The maximum Gasteiger partial charge on any atom is 0.305 e. The minimum atomic E-state index is -1.03. The number of piperidine rings is 1. The lowest BCUT2D eigenvalue weighted by Crippen LogP contribution is -2.52. The Hall–Kier alpha value is -1.10. The summed E-state index contributed by atoms with van der Waals surface area (Å²) in [6.45, 7) is 4.79. The maximum atomic E-state index is 11.9. The van der Waals surface area contributed by atoms with E-state index in [1.165, 1.54) is 0 Å². The van der Waals surface area contributed by atoms with Crippen molar-refractivity contribution in [1.29, 1.82) is 0 Å². The topological polar surface area (TPSA) is 83.6 Å². The van der Waals surface area contributed by atoms with Crippen molar-refractivity contribution >= 4 is 11.9 Å². The first-order valence-electron chi connectivity index (χ1n) is 5.71. The Labute approximate surface area is 95.6 Å². The number of amides is 1. The molecule has 3 unspecified atom stereocenters. The van der Waals surface area contributed by atoms with Gasteiger partial charge in [-0.05, 0) is 25.7 Å². The fourth-order valence-electron chi connectivity index (χ4n) is 2.13. The van der Waals surface area contributed by atoms with E-state index in [1.807, 2.05) is 6.92 Å². The first-order valence-corrected chi connectivity index (χ1v) is 5.71. The summed E-state index contributed by atoms with van der Waals surface area (Å²) in [5.74, 6) is -0.810. The highest BCUT2D eigenvalue weighted by Crippen LogP contribution is 2.23. The second kappa shape index (κ2) is 5.30. The smallest absolute Gasteiger partial charge is 0.305 e. The molecule has 1 aliphatic rings. The van der Waals surface area contributed by atoms with Crippen LogP contribution in [0, 0.1) is 5.92 Å².